The van der Waals surface area contributed by atoms with Crippen LogP contribution in [0.25, 0.3) is 11.6 Å². The van der Waals surface area contributed by atoms with Crippen molar-refractivity contribution in [3.05, 3.63) is 65.2 Å². The third-order valence-electron chi connectivity index (χ3n) is 3.07. The molecule has 0 heterocycles. The zero-order valence-electron chi connectivity index (χ0n) is 12.2. The molecule has 0 fully saturated rings. The molecule has 21 heavy (non-hydrogen) atoms. The minimum Gasteiger partial charge on any atom is -0.494 e. The number of hydrogen-bond donors (Lipinski definition) is 1. The topological polar surface area (TPSA) is 46.5 Å². The first-order valence-corrected chi connectivity index (χ1v) is 6.85. The molecule has 2 rings (SSSR count). The predicted molar refractivity (Wildman–Crippen MR) is 84.3 cm³/mol. The molecule has 0 bridgehead atoms. The van der Waals surface area contributed by atoms with E-state index < -0.39 is 5.97 Å². The Morgan fingerprint density at radius 2 is 1.90 bits per heavy atom. The average Bonchev–Trinajstić information content (AvgIpc) is 2.46. The van der Waals surface area contributed by atoms with Crippen LogP contribution in [0, 0.1) is 6.92 Å². The lowest BCUT2D eigenvalue weighted by atomic mass is 10.0. The van der Waals surface area contributed by atoms with E-state index in [0.29, 0.717) is 12.2 Å². The number of aryl methyl sites for hydroxylation is 1. The summed E-state index contributed by atoms with van der Waals surface area (Å²) in [6.07, 6.45) is 1.66. The first-order valence-electron chi connectivity index (χ1n) is 6.85. The fourth-order valence-electron chi connectivity index (χ4n) is 2.03. The molecule has 0 amide bonds. The van der Waals surface area contributed by atoms with E-state index in [1.165, 1.54) is 0 Å². The molecule has 0 aliphatic carbocycles. The Morgan fingerprint density at radius 1 is 1.19 bits per heavy atom. The average molecular weight is 282 g/mol. The molecule has 0 atom stereocenters. The largest absolute Gasteiger partial charge is 0.494 e. The molecular weight excluding hydrogens is 264 g/mol. The van der Waals surface area contributed by atoms with E-state index in [1.807, 2.05) is 62.4 Å². The van der Waals surface area contributed by atoms with Gasteiger partial charge in [-0.1, -0.05) is 42.0 Å². The SMILES string of the molecule is CCOc1cccc(/C=C(/C(=O)O)c2ccc(C)cc2)c1. The summed E-state index contributed by atoms with van der Waals surface area (Å²) in [5, 5.41) is 9.43. The van der Waals surface area contributed by atoms with E-state index in [1.54, 1.807) is 6.08 Å². The quantitative estimate of drug-likeness (QED) is 0.665. The van der Waals surface area contributed by atoms with Crippen LogP contribution in [0.4, 0.5) is 0 Å². The molecule has 0 saturated heterocycles. The monoisotopic (exact) mass is 282 g/mol. The van der Waals surface area contributed by atoms with E-state index in [4.69, 9.17) is 4.74 Å². The van der Waals surface area contributed by atoms with Gasteiger partial charge in [0, 0.05) is 0 Å². The molecule has 0 saturated carbocycles. The summed E-state index contributed by atoms with van der Waals surface area (Å²) < 4.78 is 5.43. The third-order valence-corrected chi connectivity index (χ3v) is 3.07. The standard InChI is InChI=1S/C18H18O3/c1-3-21-16-6-4-5-14(11-16)12-17(18(19)20)15-9-7-13(2)8-10-15/h4-12H,3H2,1-2H3,(H,19,20)/b17-12+. The first-order chi connectivity index (χ1) is 10.1. The molecule has 0 unspecified atom stereocenters. The van der Waals surface area contributed by atoms with Gasteiger partial charge in [-0.2, -0.15) is 0 Å². The Hall–Kier alpha value is -2.55. The molecule has 3 nitrogen and oxygen atoms in total. The molecule has 3 heteroatoms. The highest BCUT2D eigenvalue weighted by atomic mass is 16.5. The van der Waals surface area contributed by atoms with Crippen LogP contribution in [0.3, 0.4) is 0 Å². The Labute approximate surface area is 124 Å². The first kappa shape index (κ1) is 14.9. The van der Waals surface area contributed by atoms with Crippen LogP contribution in [0.1, 0.15) is 23.6 Å². The zero-order valence-corrected chi connectivity index (χ0v) is 12.2. The highest BCUT2D eigenvalue weighted by Crippen LogP contribution is 2.21. The van der Waals surface area contributed by atoms with Crippen molar-refractivity contribution < 1.29 is 14.6 Å². The van der Waals surface area contributed by atoms with Gasteiger partial charge in [-0.3, -0.25) is 0 Å². The van der Waals surface area contributed by atoms with Gasteiger partial charge in [0.25, 0.3) is 0 Å². The summed E-state index contributed by atoms with van der Waals surface area (Å²) in [6, 6.07) is 14.9. The van der Waals surface area contributed by atoms with Crippen LogP contribution in [0.5, 0.6) is 5.75 Å². The summed E-state index contributed by atoms with van der Waals surface area (Å²) in [6.45, 7) is 4.47. The minimum atomic E-state index is -0.944. The lowest BCUT2D eigenvalue weighted by Gasteiger charge is -2.06. The Kier molecular flexibility index (Phi) is 4.77. The minimum absolute atomic E-state index is 0.267. The molecular formula is C18H18O3. The molecule has 0 aliphatic rings. The maximum Gasteiger partial charge on any atom is 0.336 e. The van der Waals surface area contributed by atoms with E-state index in [2.05, 4.69) is 0 Å². The van der Waals surface area contributed by atoms with Gasteiger partial charge in [0.15, 0.2) is 0 Å². The molecule has 0 aliphatic heterocycles. The Bertz CT molecular complexity index is 654. The number of benzene rings is 2. The van der Waals surface area contributed by atoms with Crippen LogP contribution in [0.15, 0.2) is 48.5 Å². The van der Waals surface area contributed by atoms with Crippen molar-refractivity contribution in [1.82, 2.24) is 0 Å². The van der Waals surface area contributed by atoms with Crippen molar-refractivity contribution in [2.45, 2.75) is 13.8 Å². The van der Waals surface area contributed by atoms with Crippen LogP contribution >= 0.6 is 0 Å². The van der Waals surface area contributed by atoms with Crippen molar-refractivity contribution >= 4 is 17.6 Å². The highest BCUT2D eigenvalue weighted by Gasteiger charge is 2.10. The van der Waals surface area contributed by atoms with Gasteiger partial charge in [0.1, 0.15) is 5.75 Å². The molecule has 0 radical (unpaired) electrons. The van der Waals surface area contributed by atoms with E-state index >= 15 is 0 Å². The van der Waals surface area contributed by atoms with Gasteiger partial charge < -0.3 is 9.84 Å². The van der Waals surface area contributed by atoms with E-state index in [0.717, 1.165) is 16.9 Å². The third kappa shape index (κ3) is 3.96. The van der Waals surface area contributed by atoms with Gasteiger partial charge in [-0.05, 0) is 43.2 Å². The lowest BCUT2D eigenvalue weighted by Crippen LogP contribution is -1.99. The second-order valence-electron chi connectivity index (χ2n) is 4.73. The van der Waals surface area contributed by atoms with E-state index in [-0.39, 0.29) is 5.57 Å². The van der Waals surface area contributed by atoms with Gasteiger partial charge in [-0.25, -0.2) is 4.79 Å². The number of carbonyl (C=O) groups is 1. The van der Waals surface area contributed by atoms with E-state index in [9.17, 15) is 9.90 Å². The maximum atomic E-state index is 11.5. The van der Waals surface area contributed by atoms with Crippen LogP contribution in [0.2, 0.25) is 0 Å². The normalized spacial score (nSPS) is 11.2. The summed E-state index contributed by atoms with van der Waals surface area (Å²) in [7, 11) is 0. The van der Waals surface area contributed by atoms with Gasteiger partial charge >= 0.3 is 5.97 Å². The summed E-state index contributed by atoms with van der Waals surface area (Å²) in [5.41, 5.74) is 2.86. The van der Waals surface area contributed by atoms with Crippen molar-refractivity contribution in [2.75, 3.05) is 6.61 Å². The number of hydrogen-bond acceptors (Lipinski definition) is 2. The number of carboxylic acid groups (broad SMARTS) is 1. The molecule has 2 aromatic carbocycles. The van der Waals surface area contributed by atoms with Crippen molar-refractivity contribution in [2.24, 2.45) is 0 Å². The molecule has 108 valence electrons. The summed E-state index contributed by atoms with van der Waals surface area (Å²) in [4.78, 5) is 11.5. The Morgan fingerprint density at radius 3 is 2.52 bits per heavy atom. The fourth-order valence-corrected chi connectivity index (χ4v) is 2.03. The fraction of sp³-hybridized carbons (Fsp3) is 0.167. The number of rotatable bonds is 5. The number of carboxylic acids is 1. The lowest BCUT2D eigenvalue weighted by molar-refractivity contribution is -0.130. The van der Waals surface area contributed by atoms with Crippen molar-refractivity contribution in [1.29, 1.82) is 0 Å². The van der Waals surface area contributed by atoms with Crippen LogP contribution < -0.4 is 4.74 Å². The number of ether oxygens (including phenoxy) is 1. The van der Waals surface area contributed by atoms with Crippen molar-refractivity contribution in [3.8, 4) is 5.75 Å². The molecule has 1 N–H and O–H groups in total. The molecule has 0 aromatic heterocycles. The van der Waals surface area contributed by atoms with Gasteiger partial charge in [0.05, 0.1) is 12.2 Å². The van der Waals surface area contributed by atoms with Crippen molar-refractivity contribution in [3.63, 3.8) is 0 Å². The second-order valence-corrected chi connectivity index (χ2v) is 4.73. The number of aliphatic carboxylic acids is 1. The molecule has 0 spiro atoms. The summed E-state index contributed by atoms with van der Waals surface area (Å²) in [5.74, 6) is -0.208. The van der Waals surface area contributed by atoms with Crippen LogP contribution in [-0.2, 0) is 4.79 Å². The predicted octanol–water partition coefficient (Wildman–Crippen LogP) is 4.02. The van der Waals surface area contributed by atoms with Gasteiger partial charge in [0.2, 0.25) is 0 Å². The molecule has 2 aromatic rings. The second kappa shape index (κ2) is 6.75. The smallest absolute Gasteiger partial charge is 0.336 e. The van der Waals surface area contributed by atoms with Gasteiger partial charge in [-0.15, -0.1) is 0 Å². The van der Waals surface area contributed by atoms with Crippen LogP contribution in [-0.4, -0.2) is 17.7 Å². The highest BCUT2D eigenvalue weighted by molar-refractivity contribution is 6.20. The maximum absolute atomic E-state index is 11.5. The zero-order chi connectivity index (χ0) is 15.2. The summed E-state index contributed by atoms with van der Waals surface area (Å²) >= 11 is 0. The Balaban J connectivity index is 2.40.